The first kappa shape index (κ1) is 20.4. The van der Waals surface area contributed by atoms with Crippen molar-refractivity contribution >= 4 is 17.5 Å². The second-order valence-electron chi connectivity index (χ2n) is 8.11. The number of nitrogens with zero attached hydrogens (tertiary/aromatic N) is 1. The predicted octanol–water partition coefficient (Wildman–Crippen LogP) is 4.38. The Morgan fingerprint density at radius 1 is 1.03 bits per heavy atom. The van der Waals surface area contributed by atoms with Gasteiger partial charge in [-0.15, -0.1) is 0 Å². The van der Waals surface area contributed by atoms with Crippen LogP contribution in [0.5, 0.6) is 5.75 Å². The van der Waals surface area contributed by atoms with Gasteiger partial charge in [-0.25, -0.2) is 4.39 Å². The Morgan fingerprint density at radius 3 is 2.33 bits per heavy atom. The molecule has 2 aliphatic rings. The first-order chi connectivity index (χ1) is 14.6. The molecule has 0 radical (unpaired) electrons. The minimum absolute atomic E-state index is 0.0967. The van der Waals surface area contributed by atoms with E-state index >= 15 is 0 Å². The molecule has 5 nitrogen and oxygen atoms in total. The molecule has 30 heavy (non-hydrogen) atoms. The van der Waals surface area contributed by atoms with Gasteiger partial charge >= 0.3 is 0 Å². The first-order valence-electron chi connectivity index (χ1n) is 10.6. The van der Waals surface area contributed by atoms with Gasteiger partial charge in [0.1, 0.15) is 11.6 Å². The Bertz CT molecular complexity index is 892. The van der Waals surface area contributed by atoms with E-state index in [1.165, 1.54) is 18.6 Å². The van der Waals surface area contributed by atoms with Gasteiger partial charge in [0.25, 0.3) is 0 Å². The molecule has 2 amide bonds. The number of hydrogen-bond acceptors (Lipinski definition) is 3. The number of carbonyl (C=O) groups is 2. The quantitative estimate of drug-likeness (QED) is 0.796. The van der Waals surface area contributed by atoms with Crippen LogP contribution in [0.25, 0.3) is 0 Å². The average molecular weight is 410 g/mol. The summed E-state index contributed by atoms with van der Waals surface area (Å²) in [5.74, 6) is -0.386. The van der Waals surface area contributed by atoms with Crippen LogP contribution in [-0.4, -0.2) is 25.0 Å². The van der Waals surface area contributed by atoms with Gasteiger partial charge in [0.2, 0.25) is 11.8 Å². The Morgan fingerprint density at radius 2 is 1.70 bits per heavy atom. The summed E-state index contributed by atoms with van der Waals surface area (Å²) in [4.78, 5) is 27.9. The van der Waals surface area contributed by atoms with E-state index in [9.17, 15) is 14.0 Å². The third-order valence-electron chi connectivity index (χ3n) is 6.17. The SMILES string of the molecule is COc1ccc(N2C(=O)C[C@@H](C(=O)NC3CCCCC3)[C@H]2c2ccc(F)cc2)cc1. The highest BCUT2D eigenvalue weighted by Gasteiger charge is 2.45. The Kier molecular flexibility index (Phi) is 6.02. The largest absolute Gasteiger partial charge is 0.497 e. The fourth-order valence-corrected chi connectivity index (χ4v) is 4.61. The van der Waals surface area contributed by atoms with Crippen molar-refractivity contribution in [1.29, 1.82) is 0 Å². The number of methoxy groups -OCH3 is 1. The van der Waals surface area contributed by atoms with Crippen LogP contribution in [0.15, 0.2) is 48.5 Å². The molecule has 0 aromatic heterocycles. The van der Waals surface area contributed by atoms with Crippen molar-refractivity contribution in [2.45, 2.75) is 50.6 Å². The summed E-state index contributed by atoms with van der Waals surface area (Å²) in [7, 11) is 1.59. The number of carbonyl (C=O) groups excluding carboxylic acids is 2. The highest BCUT2D eigenvalue weighted by molar-refractivity contribution is 6.01. The van der Waals surface area contributed by atoms with E-state index in [0.717, 1.165) is 31.2 Å². The molecule has 2 fully saturated rings. The van der Waals surface area contributed by atoms with Crippen LogP contribution in [-0.2, 0) is 9.59 Å². The minimum atomic E-state index is -0.521. The lowest BCUT2D eigenvalue weighted by atomic mass is 9.90. The highest BCUT2D eigenvalue weighted by atomic mass is 19.1. The molecule has 0 bridgehead atoms. The highest BCUT2D eigenvalue weighted by Crippen LogP contribution is 2.42. The van der Waals surface area contributed by atoms with Gasteiger partial charge in [-0.1, -0.05) is 31.4 Å². The number of hydrogen-bond donors (Lipinski definition) is 1. The summed E-state index contributed by atoms with van der Waals surface area (Å²) in [5.41, 5.74) is 1.45. The standard InChI is InChI=1S/C24H27FN2O3/c1-30-20-13-11-19(12-14-20)27-22(28)15-21(23(27)16-7-9-17(25)10-8-16)24(29)26-18-5-3-2-4-6-18/h7-14,18,21,23H,2-6,15H2,1H3,(H,26,29)/t21-,23-/m1/s1. The van der Waals surface area contributed by atoms with Crippen LogP contribution >= 0.6 is 0 Å². The Labute approximate surface area is 176 Å². The molecule has 1 heterocycles. The third kappa shape index (κ3) is 4.18. The normalized spacial score (nSPS) is 22.2. The van der Waals surface area contributed by atoms with E-state index in [-0.39, 0.29) is 30.1 Å². The van der Waals surface area contributed by atoms with E-state index in [0.29, 0.717) is 11.4 Å². The Balaban J connectivity index is 1.65. The maximum Gasteiger partial charge on any atom is 0.228 e. The van der Waals surface area contributed by atoms with Gasteiger partial charge < -0.3 is 15.0 Å². The van der Waals surface area contributed by atoms with E-state index in [1.54, 1.807) is 36.3 Å². The zero-order valence-electron chi connectivity index (χ0n) is 17.1. The topological polar surface area (TPSA) is 58.6 Å². The molecule has 1 aliphatic carbocycles. The number of ether oxygens (including phenoxy) is 1. The van der Waals surface area contributed by atoms with Crippen LogP contribution in [0.3, 0.4) is 0 Å². The number of anilines is 1. The molecule has 1 N–H and O–H groups in total. The average Bonchev–Trinajstić information content (AvgIpc) is 3.12. The zero-order valence-corrected chi connectivity index (χ0v) is 17.1. The molecule has 2 aromatic carbocycles. The third-order valence-corrected chi connectivity index (χ3v) is 6.17. The van der Waals surface area contributed by atoms with Crippen molar-refractivity contribution in [1.82, 2.24) is 5.32 Å². The van der Waals surface area contributed by atoms with Gasteiger partial charge in [0.15, 0.2) is 0 Å². The van der Waals surface area contributed by atoms with Crippen LogP contribution < -0.4 is 15.0 Å². The van der Waals surface area contributed by atoms with Crippen molar-refractivity contribution in [3.05, 3.63) is 59.9 Å². The van der Waals surface area contributed by atoms with Crippen molar-refractivity contribution in [2.75, 3.05) is 12.0 Å². The number of nitrogens with one attached hydrogen (secondary N) is 1. The van der Waals surface area contributed by atoms with E-state index < -0.39 is 12.0 Å². The first-order valence-corrected chi connectivity index (χ1v) is 10.6. The molecule has 1 aliphatic heterocycles. The van der Waals surface area contributed by atoms with Gasteiger partial charge in [0.05, 0.1) is 19.1 Å². The van der Waals surface area contributed by atoms with Crippen molar-refractivity contribution in [2.24, 2.45) is 5.92 Å². The molecular weight excluding hydrogens is 383 g/mol. The summed E-state index contributed by atoms with van der Waals surface area (Å²) < 4.78 is 18.8. The van der Waals surface area contributed by atoms with Crippen LogP contribution in [0.4, 0.5) is 10.1 Å². The summed E-state index contributed by atoms with van der Waals surface area (Å²) in [5, 5.41) is 3.17. The van der Waals surface area contributed by atoms with Crippen molar-refractivity contribution < 1.29 is 18.7 Å². The second-order valence-corrected chi connectivity index (χ2v) is 8.11. The molecular formula is C24H27FN2O3. The number of rotatable bonds is 5. The van der Waals surface area contributed by atoms with Gasteiger partial charge in [-0.05, 0) is 54.8 Å². The fraction of sp³-hybridized carbons (Fsp3) is 0.417. The molecule has 2 aromatic rings. The fourth-order valence-electron chi connectivity index (χ4n) is 4.61. The van der Waals surface area contributed by atoms with Crippen LogP contribution in [0, 0.1) is 11.7 Å². The van der Waals surface area contributed by atoms with Crippen LogP contribution in [0.2, 0.25) is 0 Å². The predicted molar refractivity (Wildman–Crippen MR) is 113 cm³/mol. The minimum Gasteiger partial charge on any atom is -0.497 e. The molecule has 0 unspecified atom stereocenters. The van der Waals surface area contributed by atoms with Gasteiger partial charge in [-0.2, -0.15) is 0 Å². The molecule has 0 spiro atoms. The maximum absolute atomic E-state index is 13.5. The molecule has 4 rings (SSSR count). The lowest BCUT2D eigenvalue weighted by molar-refractivity contribution is -0.127. The van der Waals surface area contributed by atoms with Gasteiger partial charge in [0, 0.05) is 18.2 Å². The monoisotopic (exact) mass is 410 g/mol. The second kappa shape index (κ2) is 8.86. The van der Waals surface area contributed by atoms with E-state index in [2.05, 4.69) is 5.32 Å². The number of amides is 2. The van der Waals surface area contributed by atoms with Crippen molar-refractivity contribution in [3.63, 3.8) is 0 Å². The lowest BCUT2D eigenvalue weighted by Crippen LogP contribution is -2.41. The summed E-state index contributed by atoms with van der Waals surface area (Å²) in [6.45, 7) is 0. The number of benzene rings is 2. The number of halogens is 1. The van der Waals surface area contributed by atoms with E-state index in [1.807, 2.05) is 12.1 Å². The molecule has 1 saturated carbocycles. The zero-order chi connectivity index (χ0) is 21.1. The summed E-state index contributed by atoms with van der Waals surface area (Å²) in [6.07, 6.45) is 5.54. The van der Waals surface area contributed by atoms with Crippen molar-refractivity contribution in [3.8, 4) is 5.75 Å². The van der Waals surface area contributed by atoms with Crippen LogP contribution in [0.1, 0.15) is 50.1 Å². The molecule has 2 atom stereocenters. The lowest BCUT2D eigenvalue weighted by Gasteiger charge is -2.30. The summed E-state index contributed by atoms with van der Waals surface area (Å²) in [6, 6.07) is 13.0. The molecule has 6 heteroatoms. The maximum atomic E-state index is 13.5. The van der Waals surface area contributed by atoms with E-state index in [4.69, 9.17) is 4.74 Å². The molecule has 1 saturated heterocycles. The molecule has 158 valence electrons. The smallest absolute Gasteiger partial charge is 0.228 e. The van der Waals surface area contributed by atoms with Gasteiger partial charge in [-0.3, -0.25) is 9.59 Å². The Hall–Kier alpha value is -2.89. The summed E-state index contributed by atoms with van der Waals surface area (Å²) >= 11 is 0.